The van der Waals surface area contributed by atoms with Crippen LogP contribution in [0.4, 0.5) is 0 Å². The molecule has 0 spiro atoms. The molecule has 0 fully saturated rings. The lowest BCUT2D eigenvalue weighted by Crippen LogP contribution is -2.32. The number of aromatic nitrogens is 2. The molecule has 0 aliphatic carbocycles. The Balaban J connectivity index is 1.30. The van der Waals surface area contributed by atoms with E-state index in [-0.39, 0.29) is 6.04 Å². The van der Waals surface area contributed by atoms with Crippen LogP contribution >= 0.6 is 0 Å². The van der Waals surface area contributed by atoms with E-state index in [9.17, 15) is 0 Å². The van der Waals surface area contributed by atoms with Crippen LogP contribution in [0.15, 0.2) is 187 Å². The SMILES string of the molecule is C=C(N=C(NC(C)c1ccccc1)n1c2ccccc2c2cc3c4ccccc4n(-c4ccccc4)c3cc21)c1cccc(-c2ccccc2)c1. The van der Waals surface area contributed by atoms with Gasteiger partial charge in [0.2, 0.25) is 5.96 Å². The zero-order valence-electron chi connectivity index (χ0n) is 28.4. The van der Waals surface area contributed by atoms with E-state index in [1.165, 1.54) is 32.6 Å². The molecule has 1 unspecified atom stereocenters. The molecule has 0 radical (unpaired) electrons. The van der Waals surface area contributed by atoms with Crippen molar-refractivity contribution in [1.29, 1.82) is 0 Å². The number of hydrogen-bond acceptors (Lipinski definition) is 1. The molecular weight excluding hydrogens is 621 g/mol. The van der Waals surface area contributed by atoms with Crippen molar-refractivity contribution in [2.75, 3.05) is 0 Å². The summed E-state index contributed by atoms with van der Waals surface area (Å²) in [6.45, 7) is 6.72. The molecule has 0 amide bonds. The summed E-state index contributed by atoms with van der Waals surface area (Å²) in [7, 11) is 0. The van der Waals surface area contributed by atoms with Crippen LogP contribution in [0, 0.1) is 0 Å². The second-order valence-electron chi connectivity index (χ2n) is 13.0. The maximum atomic E-state index is 5.36. The molecule has 51 heavy (non-hydrogen) atoms. The van der Waals surface area contributed by atoms with Gasteiger partial charge >= 0.3 is 0 Å². The highest BCUT2D eigenvalue weighted by Gasteiger charge is 2.21. The first-order chi connectivity index (χ1) is 25.1. The van der Waals surface area contributed by atoms with Gasteiger partial charge in [-0.05, 0) is 66.1 Å². The normalized spacial score (nSPS) is 12.5. The van der Waals surface area contributed by atoms with E-state index in [0.717, 1.165) is 44.9 Å². The third-order valence-corrected chi connectivity index (χ3v) is 9.88. The van der Waals surface area contributed by atoms with Gasteiger partial charge in [-0.3, -0.25) is 4.57 Å². The van der Waals surface area contributed by atoms with Gasteiger partial charge in [-0.15, -0.1) is 0 Å². The number of aliphatic imine (C=N–C) groups is 1. The highest BCUT2D eigenvalue weighted by molar-refractivity contribution is 6.21. The van der Waals surface area contributed by atoms with Crippen molar-refractivity contribution >= 4 is 55.3 Å². The maximum absolute atomic E-state index is 5.36. The Bertz CT molecular complexity index is 2740. The lowest BCUT2D eigenvalue weighted by Gasteiger charge is -2.20. The van der Waals surface area contributed by atoms with Crippen molar-refractivity contribution in [2.45, 2.75) is 13.0 Å². The Hall–Kier alpha value is -6.65. The lowest BCUT2D eigenvalue weighted by molar-refractivity contribution is 0.703. The van der Waals surface area contributed by atoms with E-state index < -0.39 is 0 Å². The summed E-state index contributed by atoms with van der Waals surface area (Å²) in [5, 5.41) is 8.62. The summed E-state index contributed by atoms with van der Waals surface area (Å²) in [4.78, 5) is 5.36. The van der Waals surface area contributed by atoms with Crippen LogP contribution in [-0.2, 0) is 0 Å². The highest BCUT2D eigenvalue weighted by Crippen LogP contribution is 2.38. The van der Waals surface area contributed by atoms with Crippen molar-refractivity contribution < 1.29 is 0 Å². The summed E-state index contributed by atoms with van der Waals surface area (Å²) >= 11 is 0. The molecule has 9 aromatic rings. The summed E-state index contributed by atoms with van der Waals surface area (Å²) < 4.78 is 4.65. The monoisotopic (exact) mass is 656 g/mol. The summed E-state index contributed by atoms with van der Waals surface area (Å²) in [6.07, 6.45) is 0. The van der Waals surface area contributed by atoms with Gasteiger partial charge in [-0.25, -0.2) is 4.99 Å². The quantitative estimate of drug-likeness (QED) is 0.140. The second-order valence-corrected chi connectivity index (χ2v) is 13.0. The molecule has 0 bridgehead atoms. The smallest absolute Gasteiger partial charge is 0.208 e. The molecular formula is C47H36N4. The van der Waals surface area contributed by atoms with Gasteiger partial charge in [0, 0.05) is 32.8 Å². The number of rotatable bonds is 6. The largest absolute Gasteiger partial charge is 0.349 e. The number of nitrogens with one attached hydrogen (secondary N) is 1. The van der Waals surface area contributed by atoms with Crippen molar-refractivity contribution in [2.24, 2.45) is 4.99 Å². The van der Waals surface area contributed by atoms with E-state index in [1.54, 1.807) is 0 Å². The predicted octanol–water partition coefficient (Wildman–Crippen LogP) is 11.8. The lowest BCUT2D eigenvalue weighted by atomic mass is 10.0. The van der Waals surface area contributed by atoms with E-state index in [1.807, 2.05) is 6.07 Å². The van der Waals surface area contributed by atoms with Crippen molar-refractivity contribution in [3.05, 3.63) is 194 Å². The molecule has 1 atom stereocenters. The predicted molar refractivity (Wildman–Crippen MR) is 216 cm³/mol. The Labute approximate surface area is 297 Å². The van der Waals surface area contributed by atoms with Crippen LogP contribution in [0.1, 0.15) is 24.1 Å². The number of hydrogen-bond donors (Lipinski definition) is 1. The molecule has 0 aliphatic rings. The third kappa shape index (κ3) is 5.38. The van der Waals surface area contributed by atoms with E-state index in [2.05, 4.69) is 198 Å². The van der Waals surface area contributed by atoms with Gasteiger partial charge in [0.15, 0.2) is 0 Å². The maximum Gasteiger partial charge on any atom is 0.208 e. The van der Waals surface area contributed by atoms with Crippen molar-refractivity contribution in [3.8, 4) is 16.8 Å². The second kappa shape index (κ2) is 12.7. The molecule has 9 rings (SSSR count). The van der Waals surface area contributed by atoms with E-state index in [0.29, 0.717) is 5.70 Å². The molecule has 1 N–H and O–H groups in total. The fourth-order valence-corrected chi connectivity index (χ4v) is 7.38. The summed E-state index contributed by atoms with van der Waals surface area (Å²) in [5.41, 5.74) is 10.7. The van der Waals surface area contributed by atoms with Crippen LogP contribution in [0.2, 0.25) is 0 Å². The zero-order chi connectivity index (χ0) is 34.3. The van der Waals surface area contributed by atoms with Crippen LogP contribution in [0.25, 0.3) is 66.1 Å². The molecule has 7 aromatic carbocycles. The van der Waals surface area contributed by atoms with Gasteiger partial charge in [-0.1, -0.05) is 140 Å². The zero-order valence-corrected chi connectivity index (χ0v) is 28.4. The number of benzene rings is 7. The summed E-state index contributed by atoms with van der Waals surface area (Å²) in [5.74, 6) is 0.717. The molecule has 0 aliphatic heterocycles. The topological polar surface area (TPSA) is 34.2 Å². The molecule has 2 aromatic heterocycles. The van der Waals surface area contributed by atoms with Crippen LogP contribution in [0.3, 0.4) is 0 Å². The molecule has 0 saturated carbocycles. The average Bonchev–Trinajstić information content (AvgIpc) is 3.69. The van der Waals surface area contributed by atoms with Gasteiger partial charge < -0.3 is 9.88 Å². The minimum atomic E-state index is -0.0240. The number of nitrogens with zero attached hydrogens (tertiary/aromatic N) is 3. The molecule has 0 saturated heterocycles. The third-order valence-electron chi connectivity index (χ3n) is 9.88. The first-order valence-corrected chi connectivity index (χ1v) is 17.4. The van der Waals surface area contributed by atoms with Crippen molar-refractivity contribution in [1.82, 2.24) is 14.5 Å². The van der Waals surface area contributed by atoms with Crippen LogP contribution in [0.5, 0.6) is 0 Å². The molecule has 4 heteroatoms. The average molecular weight is 657 g/mol. The fourth-order valence-electron chi connectivity index (χ4n) is 7.38. The van der Waals surface area contributed by atoms with E-state index in [4.69, 9.17) is 4.99 Å². The Kier molecular flexibility index (Phi) is 7.55. The Morgan fingerprint density at radius 2 is 1.12 bits per heavy atom. The standard InChI is InChI=1S/C47H36N4/c1-32(34-17-6-3-7-18-34)48-47(49-33(2)36-21-16-22-37(29-36)35-19-8-4-9-20-35)51-44-28-15-13-26-40(44)42-30-41-39-25-12-14-27-43(39)50(45(41)31-46(42)51)38-23-10-5-11-24-38/h3-32H,2H2,1H3,(H,48,49). The van der Waals surface area contributed by atoms with Gasteiger partial charge in [0.05, 0.1) is 33.8 Å². The molecule has 244 valence electrons. The van der Waals surface area contributed by atoms with Crippen molar-refractivity contribution in [3.63, 3.8) is 0 Å². The number of para-hydroxylation sites is 3. The molecule has 2 heterocycles. The molecule has 4 nitrogen and oxygen atoms in total. The highest BCUT2D eigenvalue weighted by atomic mass is 15.2. The minimum Gasteiger partial charge on any atom is -0.349 e. The van der Waals surface area contributed by atoms with Gasteiger partial charge in [-0.2, -0.15) is 0 Å². The van der Waals surface area contributed by atoms with Crippen LogP contribution in [-0.4, -0.2) is 15.1 Å². The Morgan fingerprint density at radius 3 is 1.86 bits per heavy atom. The van der Waals surface area contributed by atoms with Gasteiger partial charge in [0.25, 0.3) is 0 Å². The minimum absolute atomic E-state index is 0.0240. The summed E-state index contributed by atoms with van der Waals surface area (Å²) in [6, 6.07) is 62.0. The van der Waals surface area contributed by atoms with Crippen LogP contribution < -0.4 is 5.32 Å². The fraction of sp³-hybridized carbons (Fsp3) is 0.0426. The Morgan fingerprint density at radius 1 is 0.529 bits per heavy atom. The van der Waals surface area contributed by atoms with E-state index >= 15 is 0 Å². The first-order valence-electron chi connectivity index (χ1n) is 17.4. The first kappa shape index (κ1) is 30.4. The number of fused-ring (bicyclic) bond motifs is 6. The van der Waals surface area contributed by atoms with Gasteiger partial charge in [0.1, 0.15) is 0 Å².